The molecule has 3 rings (SSSR count). The van der Waals surface area contributed by atoms with Crippen LogP contribution in [-0.2, 0) is 21.2 Å². The summed E-state index contributed by atoms with van der Waals surface area (Å²) in [6.07, 6.45) is -0.0688. The van der Waals surface area contributed by atoms with Gasteiger partial charge in [-0.3, -0.25) is 4.79 Å². The maximum atomic E-state index is 12.2. The van der Waals surface area contributed by atoms with Crippen molar-refractivity contribution >= 4 is 27.1 Å². The van der Waals surface area contributed by atoms with E-state index in [9.17, 15) is 13.2 Å². The van der Waals surface area contributed by atoms with Gasteiger partial charge >= 0.3 is 0 Å². The second kappa shape index (κ2) is 8.45. The Bertz CT molecular complexity index is 1010. The number of hydrogen-bond donors (Lipinski definition) is 1. The molecular weight excluding hydrogens is 380 g/mol. The number of carbonyl (C=O) groups is 1. The number of nitrogens with zero attached hydrogens (tertiary/aromatic N) is 1. The first-order chi connectivity index (χ1) is 13.0. The molecule has 0 bridgehead atoms. The highest BCUT2D eigenvalue weighted by atomic mass is 32.2. The molecule has 2 aromatic carbocycles. The lowest BCUT2D eigenvalue weighted by Gasteiger charge is -2.06. The van der Waals surface area contributed by atoms with Crippen LogP contribution in [0.25, 0.3) is 10.6 Å². The van der Waals surface area contributed by atoms with E-state index in [1.165, 1.54) is 11.3 Å². The Balaban J connectivity index is 1.56. The topological polar surface area (TPSA) is 76.1 Å². The summed E-state index contributed by atoms with van der Waals surface area (Å²) >= 11 is 1.53. The molecule has 3 aromatic rings. The summed E-state index contributed by atoms with van der Waals surface area (Å²) in [4.78, 5) is 17.9. The van der Waals surface area contributed by atoms with Gasteiger partial charge < -0.3 is 5.32 Å². The summed E-state index contributed by atoms with van der Waals surface area (Å²) in [5.74, 6) is -0.497. The fraction of sp³-hybridized carbons (Fsp3) is 0.200. The number of sulfone groups is 1. The van der Waals surface area contributed by atoms with Crippen LogP contribution in [0.5, 0.6) is 0 Å². The molecule has 0 atom stereocenters. The zero-order chi connectivity index (χ0) is 19.3. The first-order valence-electron chi connectivity index (χ1n) is 8.52. The van der Waals surface area contributed by atoms with Gasteiger partial charge in [0.1, 0.15) is 5.01 Å². The van der Waals surface area contributed by atoms with E-state index in [4.69, 9.17) is 0 Å². The Kier molecular flexibility index (Phi) is 6.03. The molecule has 0 spiro atoms. The molecule has 0 fully saturated rings. The number of benzene rings is 2. The van der Waals surface area contributed by atoms with E-state index in [-0.39, 0.29) is 23.0 Å². The van der Waals surface area contributed by atoms with Gasteiger partial charge in [-0.05, 0) is 19.1 Å². The van der Waals surface area contributed by atoms with Gasteiger partial charge in [0.05, 0.1) is 22.9 Å². The Hall–Kier alpha value is -2.51. The summed E-state index contributed by atoms with van der Waals surface area (Å²) in [5.41, 5.74) is 1.91. The van der Waals surface area contributed by atoms with Crippen molar-refractivity contribution in [3.63, 3.8) is 0 Å². The molecule has 27 heavy (non-hydrogen) atoms. The Labute approximate surface area is 163 Å². The molecule has 1 N–H and O–H groups in total. The first-order valence-corrected chi connectivity index (χ1v) is 11.0. The van der Waals surface area contributed by atoms with Crippen molar-refractivity contribution in [2.45, 2.75) is 24.8 Å². The third-order valence-electron chi connectivity index (χ3n) is 4.06. The molecule has 1 heterocycles. The van der Waals surface area contributed by atoms with Crippen molar-refractivity contribution in [1.29, 1.82) is 0 Å². The number of aromatic nitrogens is 1. The number of rotatable bonds is 7. The molecule has 0 aliphatic rings. The smallest absolute Gasteiger partial charge is 0.221 e. The predicted octanol–water partition coefficient (Wildman–Crippen LogP) is 3.60. The van der Waals surface area contributed by atoms with Crippen molar-refractivity contribution in [2.75, 3.05) is 5.75 Å². The van der Waals surface area contributed by atoms with Crippen LogP contribution in [-0.4, -0.2) is 25.1 Å². The minimum atomic E-state index is -3.45. The Morgan fingerprint density at radius 2 is 1.67 bits per heavy atom. The monoisotopic (exact) mass is 400 g/mol. The van der Waals surface area contributed by atoms with Gasteiger partial charge in [-0.25, -0.2) is 13.4 Å². The van der Waals surface area contributed by atoms with Crippen LogP contribution in [0.3, 0.4) is 0 Å². The molecule has 0 aliphatic carbocycles. The second-order valence-electron chi connectivity index (χ2n) is 6.05. The lowest BCUT2D eigenvalue weighted by molar-refractivity contribution is -0.120. The van der Waals surface area contributed by atoms with E-state index < -0.39 is 9.84 Å². The van der Waals surface area contributed by atoms with Crippen molar-refractivity contribution in [2.24, 2.45) is 0 Å². The minimum absolute atomic E-state index is 0.0688. The number of hydrogen-bond acceptors (Lipinski definition) is 5. The quantitative estimate of drug-likeness (QED) is 0.657. The summed E-state index contributed by atoms with van der Waals surface area (Å²) in [5, 5.41) is 3.70. The van der Waals surface area contributed by atoms with Crippen LogP contribution in [0, 0.1) is 6.92 Å². The van der Waals surface area contributed by atoms with Gasteiger partial charge in [0.15, 0.2) is 9.84 Å². The molecule has 7 heteroatoms. The number of aryl methyl sites for hydroxylation is 1. The van der Waals surface area contributed by atoms with Crippen molar-refractivity contribution < 1.29 is 13.2 Å². The van der Waals surface area contributed by atoms with Crippen LogP contribution < -0.4 is 5.32 Å². The molecule has 0 radical (unpaired) electrons. The third kappa shape index (κ3) is 5.02. The van der Waals surface area contributed by atoms with Crippen LogP contribution in [0.15, 0.2) is 65.6 Å². The van der Waals surface area contributed by atoms with Gasteiger partial charge in [0.2, 0.25) is 5.91 Å². The van der Waals surface area contributed by atoms with Crippen molar-refractivity contribution in [3.05, 3.63) is 71.2 Å². The number of amides is 1. The van der Waals surface area contributed by atoms with E-state index in [0.29, 0.717) is 6.54 Å². The normalized spacial score (nSPS) is 11.3. The van der Waals surface area contributed by atoms with Crippen molar-refractivity contribution in [3.8, 4) is 10.6 Å². The van der Waals surface area contributed by atoms with E-state index in [1.54, 1.807) is 30.3 Å². The number of carbonyl (C=O) groups excluding carboxylic acids is 1. The van der Waals surface area contributed by atoms with Gasteiger partial charge in [0, 0.05) is 16.9 Å². The van der Waals surface area contributed by atoms with E-state index in [0.717, 1.165) is 21.1 Å². The highest BCUT2D eigenvalue weighted by Gasteiger charge is 2.16. The molecular formula is C20H20N2O3S2. The largest absolute Gasteiger partial charge is 0.351 e. The Morgan fingerprint density at radius 3 is 2.33 bits per heavy atom. The summed E-state index contributed by atoms with van der Waals surface area (Å²) in [6.45, 7) is 2.25. The van der Waals surface area contributed by atoms with E-state index in [2.05, 4.69) is 10.3 Å². The Morgan fingerprint density at radius 1 is 1.04 bits per heavy atom. The van der Waals surface area contributed by atoms with Crippen LogP contribution in [0.2, 0.25) is 0 Å². The average molecular weight is 401 g/mol. The number of thiazole rings is 1. The minimum Gasteiger partial charge on any atom is -0.351 e. The van der Waals surface area contributed by atoms with Crippen LogP contribution >= 0.6 is 11.3 Å². The average Bonchev–Trinajstić information content (AvgIpc) is 3.07. The summed E-state index contributed by atoms with van der Waals surface area (Å²) < 4.78 is 24.5. The molecule has 1 aromatic heterocycles. The lowest BCUT2D eigenvalue weighted by Crippen LogP contribution is -2.25. The zero-order valence-corrected chi connectivity index (χ0v) is 16.5. The molecule has 1 amide bonds. The summed E-state index contributed by atoms with van der Waals surface area (Å²) in [6, 6.07) is 18.0. The third-order valence-corrected chi connectivity index (χ3v) is 7.00. The maximum absolute atomic E-state index is 12.2. The highest BCUT2D eigenvalue weighted by Crippen LogP contribution is 2.27. The van der Waals surface area contributed by atoms with Crippen LogP contribution in [0.1, 0.15) is 17.0 Å². The zero-order valence-electron chi connectivity index (χ0n) is 14.9. The molecule has 5 nitrogen and oxygen atoms in total. The standard InChI is InChI=1S/C20H20N2O3S2/c1-15-18(26-20(22-15)16-8-4-2-5-9-16)14-21-19(23)12-13-27(24,25)17-10-6-3-7-11-17/h2-11H,12-14H2,1H3,(H,21,23). The van der Waals surface area contributed by atoms with Gasteiger partial charge in [-0.2, -0.15) is 0 Å². The van der Waals surface area contributed by atoms with Gasteiger partial charge in [-0.15, -0.1) is 11.3 Å². The van der Waals surface area contributed by atoms with Crippen molar-refractivity contribution in [1.82, 2.24) is 10.3 Å². The molecule has 0 saturated carbocycles. The first kappa shape index (κ1) is 19.3. The summed E-state index contributed by atoms with van der Waals surface area (Å²) in [7, 11) is -3.45. The molecule has 140 valence electrons. The molecule has 0 saturated heterocycles. The maximum Gasteiger partial charge on any atom is 0.221 e. The van der Waals surface area contributed by atoms with E-state index >= 15 is 0 Å². The predicted molar refractivity (Wildman–Crippen MR) is 107 cm³/mol. The lowest BCUT2D eigenvalue weighted by atomic mass is 10.2. The van der Waals surface area contributed by atoms with Gasteiger partial charge in [0.25, 0.3) is 0 Å². The fourth-order valence-corrected chi connectivity index (χ4v) is 4.81. The molecule has 0 unspecified atom stereocenters. The fourth-order valence-electron chi connectivity index (χ4n) is 2.54. The highest BCUT2D eigenvalue weighted by molar-refractivity contribution is 7.91. The molecule has 0 aliphatic heterocycles. The number of nitrogens with one attached hydrogen (secondary N) is 1. The SMILES string of the molecule is Cc1nc(-c2ccccc2)sc1CNC(=O)CCS(=O)(=O)c1ccccc1. The van der Waals surface area contributed by atoms with Crippen LogP contribution in [0.4, 0.5) is 0 Å². The second-order valence-corrected chi connectivity index (χ2v) is 9.25. The van der Waals surface area contributed by atoms with Gasteiger partial charge in [-0.1, -0.05) is 48.5 Å². The van der Waals surface area contributed by atoms with E-state index in [1.807, 2.05) is 37.3 Å².